The maximum atomic E-state index is 12.5. The predicted molar refractivity (Wildman–Crippen MR) is 91.8 cm³/mol. The Bertz CT molecular complexity index is 637. The van der Waals surface area contributed by atoms with Gasteiger partial charge < -0.3 is 10.1 Å². The number of amides is 3. The van der Waals surface area contributed by atoms with Crippen molar-refractivity contribution in [3.05, 3.63) is 34.9 Å². The molecule has 0 spiro atoms. The van der Waals surface area contributed by atoms with Crippen LogP contribution in [0.3, 0.4) is 0 Å². The summed E-state index contributed by atoms with van der Waals surface area (Å²) >= 11 is 0. The van der Waals surface area contributed by atoms with Gasteiger partial charge in [0.2, 0.25) is 0 Å². The van der Waals surface area contributed by atoms with Crippen LogP contribution < -0.4 is 5.32 Å². The number of hydrogen-bond acceptors (Lipinski definition) is 3. The van der Waals surface area contributed by atoms with E-state index >= 15 is 0 Å². The van der Waals surface area contributed by atoms with Crippen molar-refractivity contribution in [2.45, 2.75) is 71.1 Å². The summed E-state index contributed by atoms with van der Waals surface area (Å²) in [5.74, 6) is 0. The summed E-state index contributed by atoms with van der Waals surface area (Å²) in [6.45, 7) is 5.95. The molecular formula is C19H26N2O3. The monoisotopic (exact) mass is 330 g/mol. The van der Waals surface area contributed by atoms with Crippen LogP contribution in [0, 0.1) is 13.8 Å². The number of carbonyl (C=O) groups excluding carboxylic acids is 2. The minimum Gasteiger partial charge on any atom is -0.439 e. The first-order valence-electron chi connectivity index (χ1n) is 8.85. The van der Waals surface area contributed by atoms with E-state index in [1.54, 1.807) is 0 Å². The Morgan fingerprint density at radius 1 is 1.17 bits per heavy atom. The quantitative estimate of drug-likeness (QED) is 0.883. The SMILES string of the molecule is Cc1ccc([C@@H]2OC(=O)N(C(=O)NC3CCCCC3)[C@H]2C)cc1C. The first kappa shape index (κ1) is 16.8. The van der Waals surface area contributed by atoms with Crippen LogP contribution in [0.1, 0.15) is 61.8 Å². The Labute approximate surface area is 143 Å². The smallest absolute Gasteiger partial charge is 0.419 e. The second-order valence-corrected chi connectivity index (χ2v) is 7.04. The Hall–Kier alpha value is -2.04. The zero-order valence-corrected chi connectivity index (χ0v) is 14.7. The topological polar surface area (TPSA) is 58.6 Å². The van der Waals surface area contributed by atoms with Gasteiger partial charge in [0.25, 0.3) is 0 Å². The van der Waals surface area contributed by atoms with E-state index in [0.29, 0.717) is 0 Å². The van der Waals surface area contributed by atoms with Crippen LogP contribution in [0.25, 0.3) is 0 Å². The number of benzene rings is 1. The molecule has 1 aliphatic heterocycles. The van der Waals surface area contributed by atoms with Gasteiger partial charge in [0.1, 0.15) is 6.10 Å². The molecule has 130 valence electrons. The van der Waals surface area contributed by atoms with E-state index < -0.39 is 12.2 Å². The van der Waals surface area contributed by atoms with Gasteiger partial charge >= 0.3 is 12.1 Å². The molecule has 1 aromatic rings. The fraction of sp³-hybridized carbons (Fsp3) is 0.579. The fourth-order valence-electron chi connectivity index (χ4n) is 3.61. The highest BCUT2D eigenvalue weighted by Gasteiger charge is 2.44. The van der Waals surface area contributed by atoms with Crippen LogP contribution in [0.5, 0.6) is 0 Å². The summed E-state index contributed by atoms with van der Waals surface area (Å²) in [4.78, 5) is 26.0. The summed E-state index contributed by atoms with van der Waals surface area (Å²) in [7, 11) is 0. The lowest BCUT2D eigenvalue weighted by molar-refractivity contribution is 0.131. The Balaban J connectivity index is 1.72. The first-order chi connectivity index (χ1) is 11.5. The van der Waals surface area contributed by atoms with Gasteiger partial charge in [-0.1, -0.05) is 37.5 Å². The highest BCUT2D eigenvalue weighted by Crippen LogP contribution is 2.33. The van der Waals surface area contributed by atoms with Gasteiger partial charge in [0.15, 0.2) is 0 Å². The van der Waals surface area contributed by atoms with Gasteiger partial charge in [-0.05, 0) is 50.3 Å². The normalized spacial score (nSPS) is 24.8. The average molecular weight is 330 g/mol. The minimum atomic E-state index is -0.556. The summed E-state index contributed by atoms with van der Waals surface area (Å²) in [5, 5.41) is 3.00. The number of nitrogens with one attached hydrogen (secondary N) is 1. The molecule has 1 aliphatic carbocycles. The number of rotatable bonds is 2. The maximum absolute atomic E-state index is 12.5. The molecule has 1 saturated carbocycles. The average Bonchev–Trinajstić information content (AvgIpc) is 2.86. The van der Waals surface area contributed by atoms with Crippen molar-refractivity contribution in [3.63, 3.8) is 0 Å². The van der Waals surface area contributed by atoms with E-state index in [-0.39, 0.29) is 18.1 Å². The number of aryl methyl sites for hydroxylation is 2. The molecule has 3 amide bonds. The number of hydrogen-bond donors (Lipinski definition) is 1. The van der Waals surface area contributed by atoms with E-state index in [2.05, 4.69) is 5.32 Å². The summed E-state index contributed by atoms with van der Waals surface area (Å²) in [6, 6.07) is 5.56. The predicted octanol–water partition coefficient (Wildman–Crippen LogP) is 4.23. The van der Waals surface area contributed by atoms with Crippen molar-refractivity contribution >= 4 is 12.1 Å². The molecule has 1 aromatic carbocycles. The Morgan fingerprint density at radius 3 is 2.54 bits per heavy atom. The maximum Gasteiger partial charge on any atom is 0.419 e. The molecular weight excluding hydrogens is 304 g/mol. The van der Waals surface area contributed by atoms with Crippen molar-refractivity contribution in [2.24, 2.45) is 0 Å². The van der Waals surface area contributed by atoms with Gasteiger partial charge in [-0.25, -0.2) is 14.5 Å². The first-order valence-corrected chi connectivity index (χ1v) is 8.85. The van der Waals surface area contributed by atoms with Crippen molar-refractivity contribution in [1.82, 2.24) is 10.2 Å². The molecule has 1 saturated heterocycles. The zero-order chi connectivity index (χ0) is 17.3. The Morgan fingerprint density at radius 2 is 1.88 bits per heavy atom. The number of imide groups is 1. The summed E-state index contributed by atoms with van der Waals surface area (Å²) < 4.78 is 5.50. The third-order valence-electron chi connectivity index (χ3n) is 5.28. The van der Waals surface area contributed by atoms with E-state index in [1.165, 1.54) is 16.9 Å². The van der Waals surface area contributed by atoms with E-state index in [1.807, 2.05) is 39.0 Å². The molecule has 2 fully saturated rings. The molecule has 0 radical (unpaired) electrons. The molecule has 1 heterocycles. The second kappa shape index (κ2) is 6.83. The molecule has 5 heteroatoms. The Kier molecular flexibility index (Phi) is 4.78. The number of urea groups is 1. The van der Waals surface area contributed by atoms with Crippen LogP contribution in [-0.2, 0) is 4.74 Å². The van der Waals surface area contributed by atoms with Crippen molar-refractivity contribution < 1.29 is 14.3 Å². The standard InChI is InChI=1S/C19H26N2O3/c1-12-9-10-15(11-13(12)2)17-14(3)21(19(23)24-17)18(22)20-16-7-5-4-6-8-16/h9-11,14,16-17H,4-8H2,1-3H3,(H,20,22)/t14-,17+/m0/s1. The molecule has 0 bridgehead atoms. The van der Waals surface area contributed by atoms with E-state index in [0.717, 1.165) is 36.8 Å². The molecule has 3 rings (SSSR count). The van der Waals surface area contributed by atoms with Crippen molar-refractivity contribution in [2.75, 3.05) is 0 Å². The van der Waals surface area contributed by atoms with Gasteiger partial charge in [0.05, 0.1) is 6.04 Å². The molecule has 0 aromatic heterocycles. The van der Waals surface area contributed by atoms with Crippen LogP contribution in [-0.4, -0.2) is 29.1 Å². The fourth-order valence-corrected chi connectivity index (χ4v) is 3.61. The lowest BCUT2D eigenvalue weighted by Gasteiger charge is -2.26. The van der Waals surface area contributed by atoms with Gasteiger partial charge in [-0.3, -0.25) is 0 Å². The van der Waals surface area contributed by atoms with Crippen molar-refractivity contribution in [3.8, 4) is 0 Å². The molecule has 2 atom stereocenters. The van der Waals surface area contributed by atoms with Crippen LogP contribution in [0.2, 0.25) is 0 Å². The molecule has 5 nitrogen and oxygen atoms in total. The summed E-state index contributed by atoms with van der Waals surface area (Å²) in [6.07, 6.45) is 4.51. The highest BCUT2D eigenvalue weighted by atomic mass is 16.6. The summed E-state index contributed by atoms with van der Waals surface area (Å²) in [5.41, 5.74) is 3.29. The van der Waals surface area contributed by atoms with E-state index in [4.69, 9.17) is 4.74 Å². The van der Waals surface area contributed by atoms with Gasteiger partial charge in [-0.2, -0.15) is 0 Å². The molecule has 1 N–H and O–H groups in total. The van der Waals surface area contributed by atoms with E-state index in [9.17, 15) is 9.59 Å². The number of cyclic esters (lactones) is 1. The van der Waals surface area contributed by atoms with Gasteiger partial charge in [-0.15, -0.1) is 0 Å². The number of nitrogens with zero attached hydrogens (tertiary/aromatic N) is 1. The largest absolute Gasteiger partial charge is 0.439 e. The third-order valence-corrected chi connectivity index (χ3v) is 5.28. The van der Waals surface area contributed by atoms with Crippen LogP contribution in [0.4, 0.5) is 9.59 Å². The minimum absolute atomic E-state index is 0.173. The van der Waals surface area contributed by atoms with Crippen LogP contribution >= 0.6 is 0 Å². The highest BCUT2D eigenvalue weighted by molar-refractivity contribution is 5.93. The number of carbonyl (C=O) groups is 2. The second-order valence-electron chi connectivity index (χ2n) is 7.04. The van der Waals surface area contributed by atoms with Crippen LogP contribution in [0.15, 0.2) is 18.2 Å². The zero-order valence-electron chi connectivity index (χ0n) is 14.7. The molecule has 2 aliphatic rings. The molecule has 24 heavy (non-hydrogen) atoms. The lowest BCUT2D eigenvalue weighted by Crippen LogP contribution is -2.48. The third kappa shape index (κ3) is 3.25. The lowest BCUT2D eigenvalue weighted by atomic mass is 9.95. The van der Waals surface area contributed by atoms with Gasteiger partial charge in [0, 0.05) is 6.04 Å². The number of ether oxygens (including phenoxy) is 1. The molecule has 0 unspecified atom stereocenters. The van der Waals surface area contributed by atoms with Crippen molar-refractivity contribution in [1.29, 1.82) is 0 Å².